The van der Waals surface area contributed by atoms with Crippen LogP contribution >= 0.6 is 0 Å². The average molecular weight is 367 g/mol. The number of amides is 1. The Morgan fingerprint density at radius 1 is 1.22 bits per heavy atom. The first-order valence-electron chi connectivity index (χ1n) is 9.06. The van der Waals surface area contributed by atoms with Crippen molar-refractivity contribution in [2.45, 2.75) is 31.9 Å². The second kappa shape index (κ2) is 7.04. The number of benzene rings is 1. The average Bonchev–Trinajstić information content (AvgIpc) is 3.40. The number of ether oxygens (including phenoxy) is 1. The maximum absolute atomic E-state index is 12.8. The fourth-order valence-corrected chi connectivity index (χ4v) is 3.69. The van der Waals surface area contributed by atoms with Crippen LogP contribution in [-0.4, -0.2) is 41.0 Å². The van der Waals surface area contributed by atoms with Crippen molar-refractivity contribution < 1.29 is 23.8 Å². The number of hydrogen-bond donors (Lipinski definition) is 1. The number of aliphatic hydroxyl groups excluding tert-OH is 1. The van der Waals surface area contributed by atoms with Crippen LogP contribution in [0.2, 0.25) is 0 Å². The normalized spacial score (nSPS) is 24.7. The van der Waals surface area contributed by atoms with E-state index < -0.39 is 17.7 Å². The van der Waals surface area contributed by atoms with Gasteiger partial charge in [-0.15, -0.1) is 0 Å². The second-order valence-corrected chi connectivity index (χ2v) is 6.97. The highest BCUT2D eigenvalue weighted by molar-refractivity contribution is 6.46. The molecule has 2 fully saturated rings. The molecule has 6 nitrogen and oxygen atoms in total. The Labute approximate surface area is 157 Å². The Morgan fingerprint density at radius 3 is 2.63 bits per heavy atom. The summed E-state index contributed by atoms with van der Waals surface area (Å²) in [7, 11) is 0. The first kappa shape index (κ1) is 17.5. The molecule has 2 saturated heterocycles. The molecular formula is C21H21NO5. The Balaban J connectivity index is 1.78. The summed E-state index contributed by atoms with van der Waals surface area (Å²) >= 11 is 0. The third-order valence-corrected chi connectivity index (χ3v) is 5.10. The molecule has 0 saturated carbocycles. The number of nitrogens with zero attached hydrogens (tertiary/aromatic N) is 1. The lowest BCUT2D eigenvalue weighted by molar-refractivity contribution is -0.141. The van der Waals surface area contributed by atoms with Crippen molar-refractivity contribution in [3.63, 3.8) is 0 Å². The van der Waals surface area contributed by atoms with E-state index in [0.29, 0.717) is 24.5 Å². The molecule has 1 aromatic carbocycles. The van der Waals surface area contributed by atoms with E-state index in [4.69, 9.17) is 9.15 Å². The molecule has 0 radical (unpaired) electrons. The Bertz CT molecular complexity index is 876. The number of furan rings is 1. The van der Waals surface area contributed by atoms with Gasteiger partial charge in [0, 0.05) is 18.7 Å². The fourth-order valence-electron chi connectivity index (χ4n) is 3.69. The highest BCUT2D eigenvalue weighted by Gasteiger charge is 2.48. The molecule has 27 heavy (non-hydrogen) atoms. The topological polar surface area (TPSA) is 80.0 Å². The van der Waals surface area contributed by atoms with E-state index in [1.54, 1.807) is 24.3 Å². The lowest BCUT2D eigenvalue weighted by atomic mass is 9.98. The zero-order chi connectivity index (χ0) is 19.0. The second-order valence-electron chi connectivity index (χ2n) is 6.97. The quantitative estimate of drug-likeness (QED) is 0.510. The van der Waals surface area contributed by atoms with Crippen LogP contribution in [0.1, 0.15) is 35.8 Å². The highest BCUT2D eigenvalue weighted by atomic mass is 16.5. The minimum absolute atomic E-state index is 0.0526. The molecule has 3 heterocycles. The summed E-state index contributed by atoms with van der Waals surface area (Å²) in [5.41, 5.74) is 1.58. The molecule has 4 rings (SSSR count). The van der Waals surface area contributed by atoms with Crippen molar-refractivity contribution in [2.24, 2.45) is 0 Å². The van der Waals surface area contributed by atoms with Gasteiger partial charge in [-0.1, -0.05) is 29.8 Å². The van der Waals surface area contributed by atoms with Crippen molar-refractivity contribution in [1.82, 2.24) is 4.90 Å². The van der Waals surface area contributed by atoms with Gasteiger partial charge in [-0.05, 0) is 31.9 Å². The third kappa shape index (κ3) is 3.17. The van der Waals surface area contributed by atoms with Crippen LogP contribution < -0.4 is 0 Å². The van der Waals surface area contributed by atoms with Gasteiger partial charge in [-0.25, -0.2) is 0 Å². The Kier molecular flexibility index (Phi) is 4.58. The van der Waals surface area contributed by atoms with Crippen LogP contribution in [-0.2, 0) is 14.3 Å². The number of rotatable bonds is 4. The van der Waals surface area contributed by atoms with E-state index in [0.717, 1.165) is 18.4 Å². The van der Waals surface area contributed by atoms with Crippen LogP contribution in [0, 0.1) is 6.92 Å². The molecule has 0 bridgehead atoms. The first-order chi connectivity index (χ1) is 13.1. The molecule has 2 aliphatic rings. The van der Waals surface area contributed by atoms with Gasteiger partial charge in [0.1, 0.15) is 17.6 Å². The predicted molar refractivity (Wildman–Crippen MR) is 97.9 cm³/mol. The fraction of sp³-hybridized carbons (Fsp3) is 0.333. The maximum atomic E-state index is 12.8. The van der Waals surface area contributed by atoms with E-state index in [1.807, 2.05) is 19.1 Å². The molecule has 1 amide bonds. The number of carbonyl (C=O) groups excluding carboxylic acids is 2. The SMILES string of the molecule is Cc1ccc(/C(O)=C2/C(=O)C(=O)N(CC3CCCO3)C2c2ccco2)cc1. The van der Waals surface area contributed by atoms with Crippen LogP contribution in [0.3, 0.4) is 0 Å². The molecular weight excluding hydrogens is 346 g/mol. The van der Waals surface area contributed by atoms with Gasteiger partial charge in [-0.2, -0.15) is 0 Å². The molecule has 2 aromatic rings. The highest BCUT2D eigenvalue weighted by Crippen LogP contribution is 2.40. The zero-order valence-electron chi connectivity index (χ0n) is 15.1. The Morgan fingerprint density at radius 2 is 2.00 bits per heavy atom. The molecule has 2 aliphatic heterocycles. The van der Waals surface area contributed by atoms with Crippen molar-refractivity contribution in [1.29, 1.82) is 0 Å². The summed E-state index contributed by atoms with van der Waals surface area (Å²) in [4.78, 5) is 27.0. The summed E-state index contributed by atoms with van der Waals surface area (Å²) in [6.07, 6.45) is 3.16. The van der Waals surface area contributed by atoms with E-state index in [1.165, 1.54) is 11.2 Å². The van der Waals surface area contributed by atoms with Gasteiger partial charge < -0.3 is 19.2 Å². The third-order valence-electron chi connectivity index (χ3n) is 5.10. The van der Waals surface area contributed by atoms with Gasteiger partial charge in [-0.3, -0.25) is 9.59 Å². The predicted octanol–water partition coefficient (Wildman–Crippen LogP) is 3.19. The molecule has 0 aliphatic carbocycles. The summed E-state index contributed by atoms with van der Waals surface area (Å²) < 4.78 is 11.2. The molecule has 6 heteroatoms. The van der Waals surface area contributed by atoms with E-state index in [9.17, 15) is 14.7 Å². The van der Waals surface area contributed by atoms with E-state index in [2.05, 4.69) is 0 Å². The molecule has 2 atom stereocenters. The molecule has 2 unspecified atom stereocenters. The Hall–Kier alpha value is -2.86. The summed E-state index contributed by atoms with van der Waals surface area (Å²) in [5, 5.41) is 10.9. The number of aryl methyl sites for hydroxylation is 1. The largest absolute Gasteiger partial charge is 0.507 e. The molecule has 1 N–H and O–H groups in total. The number of likely N-dealkylation sites (tertiary alicyclic amines) is 1. The first-order valence-corrected chi connectivity index (χ1v) is 9.06. The van der Waals surface area contributed by atoms with E-state index >= 15 is 0 Å². The number of Topliss-reactive ketones (excluding diaryl/α,β-unsaturated/α-hetero) is 1. The van der Waals surface area contributed by atoms with Gasteiger partial charge in [0.2, 0.25) is 0 Å². The van der Waals surface area contributed by atoms with Crippen LogP contribution in [0.15, 0.2) is 52.7 Å². The van der Waals surface area contributed by atoms with Crippen molar-refractivity contribution in [3.05, 3.63) is 65.1 Å². The van der Waals surface area contributed by atoms with Gasteiger partial charge in [0.15, 0.2) is 0 Å². The zero-order valence-corrected chi connectivity index (χ0v) is 15.1. The van der Waals surface area contributed by atoms with Gasteiger partial charge in [0.05, 0.1) is 17.9 Å². The summed E-state index contributed by atoms with van der Waals surface area (Å²) in [6, 6.07) is 9.81. The lowest BCUT2D eigenvalue weighted by Gasteiger charge is -2.25. The molecule has 1 aromatic heterocycles. The maximum Gasteiger partial charge on any atom is 0.295 e. The minimum Gasteiger partial charge on any atom is -0.507 e. The smallest absolute Gasteiger partial charge is 0.295 e. The summed E-state index contributed by atoms with van der Waals surface area (Å²) in [5.74, 6) is -1.08. The summed E-state index contributed by atoms with van der Waals surface area (Å²) in [6.45, 7) is 2.89. The number of aliphatic hydroxyl groups is 1. The van der Waals surface area contributed by atoms with E-state index in [-0.39, 0.29) is 17.4 Å². The molecule has 0 spiro atoms. The number of ketones is 1. The number of carbonyl (C=O) groups is 2. The standard InChI is InChI=1S/C21H21NO5/c1-13-6-8-14(9-7-13)19(23)17-18(16-5-3-11-27-16)22(21(25)20(17)24)12-15-4-2-10-26-15/h3,5-9,11,15,18,23H,2,4,10,12H2,1H3/b19-17-. The minimum atomic E-state index is -0.759. The van der Waals surface area contributed by atoms with Gasteiger partial charge >= 0.3 is 0 Å². The number of hydrogen-bond acceptors (Lipinski definition) is 5. The molecule has 140 valence electrons. The van der Waals surface area contributed by atoms with Gasteiger partial charge in [0.25, 0.3) is 11.7 Å². The monoisotopic (exact) mass is 367 g/mol. The van der Waals surface area contributed by atoms with Crippen molar-refractivity contribution >= 4 is 17.4 Å². The van der Waals surface area contributed by atoms with Crippen molar-refractivity contribution in [3.8, 4) is 0 Å². The van der Waals surface area contributed by atoms with Crippen LogP contribution in [0.5, 0.6) is 0 Å². The van der Waals surface area contributed by atoms with Crippen molar-refractivity contribution in [2.75, 3.05) is 13.2 Å². The van der Waals surface area contributed by atoms with Crippen LogP contribution in [0.4, 0.5) is 0 Å². The van der Waals surface area contributed by atoms with Crippen LogP contribution in [0.25, 0.3) is 5.76 Å². The lowest BCUT2D eigenvalue weighted by Crippen LogP contribution is -2.36.